The molecule has 0 aliphatic carbocycles. The average Bonchev–Trinajstić information content (AvgIpc) is 2.92. The van der Waals surface area contributed by atoms with E-state index in [0.29, 0.717) is 12.2 Å². The summed E-state index contributed by atoms with van der Waals surface area (Å²) in [6, 6.07) is 6.52. The van der Waals surface area contributed by atoms with Gasteiger partial charge in [-0.15, -0.1) is 5.10 Å². The molecule has 0 saturated heterocycles. The second-order valence-corrected chi connectivity index (χ2v) is 4.83. The number of phenols is 1. The van der Waals surface area contributed by atoms with E-state index in [1.54, 1.807) is 18.2 Å². The van der Waals surface area contributed by atoms with Gasteiger partial charge in [0.1, 0.15) is 12.4 Å². The molecule has 2 N–H and O–H groups in total. The fraction of sp³-hybridized carbons (Fsp3) is 0.357. The summed E-state index contributed by atoms with van der Waals surface area (Å²) in [6.45, 7) is 1.08. The van der Waals surface area contributed by atoms with Gasteiger partial charge in [0.2, 0.25) is 0 Å². The zero-order chi connectivity index (χ0) is 15.9. The van der Waals surface area contributed by atoms with Crippen molar-refractivity contribution >= 4 is 11.9 Å². The molecule has 1 aromatic heterocycles. The molecule has 118 valence electrons. The number of carbonyl (C=O) groups is 1. The van der Waals surface area contributed by atoms with E-state index in [2.05, 4.69) is 15.5 Å². The number of likely N-dealkylation sites (N-methyl/N-ethyl adjacent to an activating group) is 1. The normalized spacial score (nSPS) is 10.9. The van der Waals surface area contributed by atoms with Crippen molar-refractivity contribution in [1.82, 2.24) is 15.1 Å². The first-order valence-electron chi connectivity index (χ1n) is 6.70. The van der Waals surface area contributed by atoms with Crippen molar-refractivity contribution in [1.29, 1.82) is 0 Å². The van der Waals surface area contributed by atoms with Crippen molar-refractivity contribution < 1.29 is 19.1 Å². The lowest BCUT2D eigenvalue weighted by atomic mass is 10.2. The van der Waals surface area contributed by atoms with Gasteiger partial charge in [-0.1, -0.05) is 17.2 Å². The number of nitrogens with zero attached hydrogens (tertiary/aromatic N) is 3. The van der Waals surface area contributed by atoms with E-state index in [4.69, 9.17) is 9.15 Å². The molecular formula is C14H18N4O4. The van der Waals surface area contributed by atoms with Crippen molar-refractivity contribution in [2.75, 3.05) is 39.2 Å². The Balaban J connectivity index is 1.87. The second kappa shape index (κ2) is 7.53. The predicted octanol–water partition coefficient (Wildman–Crippen LogP) is 0.959. The molecule has 8 heteroatoms. The number of anilines is 1. The van der Waals surface area contributed by atoms with Crippen LogP contribution in [0, 0.1) is 0 Å². The molecule has 0 bridgehead atoms. The van der Waals surface area contributed by atoms with Crippen LogP contribution in [0.15, 0.2) is 28.7 Å². The number of hydrogen-bond acceptors (Lipinski definition) is 7. The van der Waals surface area contributed by atoms with Crippen LogP contribution in [0.1, 0.15) is 0 Å². The summed E-state index contributed by atoms with van der Waals surface area (Å²) in [5.41, 5.74) is 0.401. The summed E-state index contributed by atoms with van der Waals surface area (Å²) in [5.74, 6) is -0.232. The van der Waals surface area contributed by atoms with E-state index in [1.807, 2.05) is 19.0 Å². The van der Waals surface area contributed by atoms with Gasteiger partial charge < -0.3 is 19.2 Å². The fourth-order valence-corrected chi connectivity index (χ4v) is 1.60. The number of aromatic hydroxyl groups is 1. The first-order valence-corrected chi connectivity index (χ1v) is 6.70. The van der Waals surface area contributed by atoms with Crippen LogP contribution in [0.2, 0.25) is 0 Å². The molecule has 0 saturated carbocycles. The summed E-state index contributed by atoms with van der Waals surface area (Å²) >= 11 is 0. The van der Waals surface area contributed by atoms with Crippen LogP contribution < -0.4 is 5.32 Å². The topological polar surface area (TPSA) is 101 Å². The van der Waals surface area contributed by atoms with E-state index in [1.165, 1.54) is 6.07 Å². The number of rotatable bonds is 7. The Bertz CT molecular complexity index is 627. The number of phenolic OH excluding ortho intramolecular Hbond substituents is 1. The average molecular weight is 306 g/mol. The molecule has 22 heavy (non-hydrogen) atoms. The van der Waals surface area contributed by atoms with Crippen LogP contribution >= 0.6 is 0 Å². The number of ether oxygens (including phenoxy) is 1. The van der Waals surface area contributed by atoms with Gasteiger partial charge in [-0.25, -0.2) is 0 Å². The van der Waals surface area contributed by atoms with Crippen LogP contribution in [0.5, 0.6) is 5.75 Å². The van der Waals surface area contributed by atoms with Crippen molar-refractivity contribution in [3.63, 3.8) is 0 Å². The molecule has 8 nitrogen and oxygen atoms in total. The standard InChI is InChI=1S/C14H18N4O4/c1-18(2)7-8-21-9-12(20)15-14-17-16-13(22-14)10-5-3-4-6-11(10)19/h3-6,19H,7-9H2,1-2H3,(H,15,17,20). The van der Waals surface area contributed by atoms with Crippen LogP contribution in [0.4, 0.5) is 6.01 Å². The van der Waals surface area contributed by atoms with Crippen LogP contribution in [-0.4, -0.2) is 60.0 Å². The zero-order valence-electron chi connectivity index (χ0n) is 12.4. The Labute approximate surface area is 127 Å². The number of amides is 1. The van der Waals surface area contributed by atoms with E-state index in [9.17, 15) is 9.90 Å². The molecule has 1 aromatic carbocycles. The monoisotopic (exact) mass is 306 g/mol. The minimum Gasteiger partial charge on any atom is -0.507 e. The van der Waals surface area contributed by atoms with Gasteiger partial charge in [0.05, 0.1) is 12.2 Å². The van der Waals surface area contributed by atoms with Crippen molar-refractivity contribution in [3.05, 3.63) is 24.3 Å². The van der Waals surface area contributed by atoms with Gasteiger partial charge in [-0.2, -0.15) is 0 Å². The molecule has 1 amide bonds. The number of para-hydroxylation sites is 1. The molecule has 2 rings (SSSR count). The van der Waals surface area contributed by atoms with E-state index in [-0.39, 0.29) is 30.2 Å². The maximum atomic E-state index is 11.6. The van der Waals surface area contributed by atoms with Gasteiger partial charge in [0, 0.05) is 6.54 Å². The molecule has 0 fully saturated rings. The third-order valence-electron chi connectivity index (χ3n) is 2.72. The largest absolute Gasteiger partial charge is 0.507 e. The second-order valence-electron chi connectivity index (χ2n) is 4.83. The fourth-order valence-electron chi connectivity index (χ4n) is 1.60. The first kappa shape index (κ1) is 15.9. The SMILES string of the molecule is CN(C)CCOCC(=O)Nc1nnc(-c2ccccc2O)o1. The highest BCUT2D eigenvalue weighted by Gasteiger charge is 2.13. The summed E-state index contributed by atoms with van der Waals surface area (Å²) in [5, 5.41) is 19.6. The first-order chi connectivity index (χ1) is 10.6. The van der Waals surface area contributed by atoms with Gasteiger partial charge >= 0.3 is 6.01 Å². The molecule has 0 radical (unpaired) electrons. The highest BCUT2D eigenvalue weighted by molar-refractivity contribution is 5.89. The quantitative estimate of drug-likeness (QED) is 0.735. The van der Waals surface area contributed by atoms with Gasteiger partial charge in [0.15, 0.2) is 0 Å². The molecule has 0 atom stereocenters. The third kappa shape index (κ3) is 4.54. The Morgan fingerprint density at radius 1 is 1.36 bits per heavy atom. The number of aromatic nitrogens is 2. The lowest BCUT2D eigenvalue weighted by Crippen LogP contribution is -2.23. The molecule has 0 aliphatic rings. The number of nitrogens with one attached hydrogen (secondary N) is 1. The maximum Gasteiger partial charge on any atom is 0.322 e. The number of benzene rings is 1. The Morgan fingerprint density at radius 3 is 2.86 bits per heavy atom. The third-order valence-corrected chi connectivity index (χ3v) is 2.72. The molecular weight excluding hydrogens is 288 g/mol. The van der Waals surface area contributed by atoms with Gasteiger partial charge in [-0.3, -0.25) is 10.1 Å². The van der Waals surface area contributed by atoms with E-state index in [0.717, 1.165) is 6.54 Å². The lowest BCUT2D eigenvalue weighted by molar-refractivity contribution is -0.120. The zero-order valence-corrected chi connectivity index (χ0v) is 12.4. The van der Waals surface area contributed by atoms with Crippen LogP contribution in [0.3, 0.4) is 0 Å². The summed E-state index contributed by atoms with van der Waals surface area (Å²) < 4.78 is 10.5. The maximum absolute atomic E-state index is 11.6. The Morgan fingerprint density at radius 2 is 2.14 bits per heavy atom. The van der Waals surface area contributed by atoms with E-state index < -0.39 is 0 Å². The van der Waals surface area contributed by atoms with Gasteiger partial charge in [0.25, 0.3) is 11.8 Å². The minimum atomic E-state index is -0.383. The Hall–Kier alpha value is -2.45. The molecule has 1 heterocycles. The molecule has 0 spiro atoms. The minimum absolute atomic E-state index is 0.0241. The highest BCUT2D eigenvalue weighted by Crippen LogP contribution is 2.28. The van der Waals surface area contributed by atoms with Gasteiger partial charge in [-0.05, 0) is 26.2 Å². The molecule has 0 aliphatic heterocycles. The smallest absolute Gasteiger partial charge is 0.322 e. The van der Waals surface area contributed by atoms with Crippen molar-refractivity contribution in [2.45, 2.75) is 0 Å². The van der Waals surface area contributed by atoms with Crippen molar-refractivity contribution in [3.8, 4) is 17.2 Å². The lowest BCUT2D eigenvalue weighted by Gasteiger charge is -2.09. The van der Waals surface area contributed by atoms with Crippen molar-refractivity contribution in [2.24, 2.45) is 0 Å². The number of hydrogen-bond donors (Lipinski definition) is 2. The predicted molar refractivity (Wildman–Crippen MR) is 79.4 cm³/mol. The highest BCUT2D eigenvalue weighted by atomic mass is 16.5. The molecule has 0 unspecified atom stereocenters. The summed E-state index contributed by atoms with van der Waals surface area (Å²) in [6.07, 6.45) is 0. The number of carbonyl (C=O) groups excluding carboxylic acids is 1. The van der Waals surface area contributed by atoms with Crippen LogP contribution in [0.25, 0.3) is 11.5 Å². The Kier molecular flexibility index (Phi) is 5.45. The van der Waals surface area contributed by atoms with Crippen LogP contribution in [-0.2, 0) is 9.53 Å². The summed E-state index contributed by atoms with van der Waals surface area (Å²) in [7, 11) is 3.84. The summed E-state index contributed by atoms with van der Waals surface area (Å²) in [4.78, 5) is 13.6. The van der Waals surface area contributed by atoms with E-state index >= 15 is 0 Å². The molecule has 2 aromatic rings.